The summed E-state index contributed by atoms with van der Waals surface area (Å²) >= 11 is 0. The average Bonchev–Trinajstić information content (AvgIpc) is 3.77. The van der Waals surface area contributed by atoms with Gasteiger partial charge in [0.15, 0.2) is 0 Å². The van der Waals surface area contributed by atoms with Crippen molar-refractivity contribution in [2.75, 3.05) is 0 Å². The molecule has 10 aromatic rings. The molecule has 3 heterocycles. The van der Waals surface area contributed by atoms with Gasteiger partial charge in [-0.1, -0.05) is 103 Å². The monoisotopic (exact) mass is 575 g/mol. The summed E-state index contributed by atoms with van der Waals surface area (Å²) < 4.78 is 15.0. The standard InChI is InChI=1S/C42H25NO2/c1-2-10-26(11-3-1)34-24-29(25-36-33-14-6-9-17-40(33)45-42(34)36)43-37-15-7-4-12-30(37)31-20-18-28(23-38(31)43)27-19-21-41-35(22-27)32-13-5-8-16-39(32)44-41/h1-25H. The van der Waals surface area contributed by atoms with Crippen molar-refractivity contribution < 1.29 is 8.83 Å². The van der Waals surface area contributed by atoms with Crippen molar-refractivity contribution in [1.29, 1.82) is 0 Å². The van der Waals surface area contributed by atoms with Gasteiger partial charge < -0.3 is 13.4 Å². The first kappa shape index (κ1) is 24.4. The predicted octanol–water partition coefficient (Wildman–Crippen LogP) is 11.9. The van der Waals surface area contributed by atoms with Gasteiger partial charge in [0.1, 0.15) is 22.3 Å². The molecule has 3 heteroatoms. The van der Waals surface area contributed by atoms with Crippen LogP contribution >= 0.6 is 0 Å². The first-order chi connectivity index (χ1) is 22.3. The van der Waals surface area contributed by atoms with Gasteiger partial charge >= 0.3 is 0 Å². The third-order valence-corrected chi connectivity index (χ3v) is 9.19. The maximum absolute atomic E-state index is 6.50. The molecule has 45 heavy (non-hydrogen) atoms. The van der Waals surface area contributed by atoms with Crippen molar-refractivity contribution in [3.05, 3.63) is 152 Å². The average molecular weight is 576 g/mol. The number of nitrogens with zero attached hydrogens (tertiary/aromatic N) is 1. The molecule has 0 atom stereocenters. The van der Waals surface area contributed by atoms with Crippen LogP contribution in [0.25, 0.3) is 93.6 Å². The number of para-hydroxylation sites is 3. The SMILES string of the molecule is c1ccc(-c2cc(-n3c4ccccc4c4ccc(-c5ccc6oc7ccccc7c6c5)cc43)cc3c2oc2ccccc23)cc1. The lowest BCUT2D eigenvalue weighted by Gasteiger charge is -2.12. The Hall–Kier alpha value is -6.06. The highest BCUT2D eigenvalue weighted by atomic mass is 16.3. The van der Waals surface area contributed by atoms with E-state index < -0.39 is 0 Å². The number of furan rings is 2. The van der Waals surface area contributed by atoms with Crippen LogP contribution in [0, 0.1) is 0 Å². The minimum Gasteiger partial charge on any atom is -0.456 e. The van der Waals surface area contributed by atoms with Crippen molar-refractivity contribution in [2.45, 2.75) is 0 Å². The Bertz CT molecular complexity index is 2760. The van der Waals surface area contributed by atoms with E-state index in [2.05, 4.69) is 138 Å². The maximum Gasteiger partial charge on any atom is 0.143 e. The lowest BCUT2D eigenvalue weighted by Crippen LogP contribution is -1.95. The summed E-state index contributed by atoms with van der Waals surface area (Å²) in [6.45, 7) is 0. The van der Waals surface area contributed by atoms with Gasteiger partial charge in [0.25, 0.3) is 0 Å². The Morgan fingerprint density at radius 1 is 0.356 bits per heavy atom. The van der Waals surface area contributed by atoms with Gasteiger partial charge in [-0.05, 0) is 65.2 Å². The highest BCUT2D eigenvalue weighted by Gasteiger charge is 2.19. The van der Waals surface area contributed by atoms with Crippen LogP contribution in [0.15, 0.2) is 160 Å². The van der Waals surface area contributed by atoms with Gasteiger partial charge in [-0.2, -0.15) is 0 Å². The van der Waals surface area contributed by atoms with E-state index in [1.165, 1.54) is 16.3 Å². The highest BCUT2D eigenvalue weighted by Crippen LogP contribution is 2.41. The molecule has 0 aliphatic heterocycles. The summed E-state index contributed by atoms with van der Waals surface area (Å²) in [7, 11) is 0. The zero-order valence-corrected chi connectivity index (χ0v) is 24.2. The fraction of sp³-hybridized carbons (Fsp3) is 0. The van der Waals surface area contributed by atoms with Crippen LogP contribution in [0.5, 0.6) is 0 Å². The molecule has 7 aromatic carbocycles. The van der Waals surface area contributed by atoms with E-state index in [9.17, 15) is 0 Å². The van der Waals surface area contributed by atoms with E-state index >= 15 is 0 Å². The Labute approximate surface area is 258 Å². The topological polar surface area (TPSA) is 31.2 Å². The first-order valence-electron chi connectivity index (χ1n) is 15.3. The minimum atomic E-state index is 0.897. The van der Waals surface area contributed by atoms with Crippen molar-refractivity contribution in [3.63, 3.8) is 0 Å². The lowest BCUT2D eigenvalue weighted by molar-refractivity contribution is 0.669. The molecular formula is C42H25NO2. The summed E-state index contributed by atoms with van der Waals surface area (Å²) in [6, 6.07) is 53.7. The van der Waals surface area contributed by atoms with Gasteiger partial charge in [-0.3, -0.25) is 0 Å². The molecule has 0 aliphatic carbocycles. The molecule has 0 aliphatic rings. The second-order valence-electron chi connectivity index (χ2n) is 11.7. The molecule has 0 N–H and O–H groups in total. The van der Waals surface area contributed by atoms with Gasteiger partial charge in [0, 0.05) is 43.6 Å². The largest absolute Gasteiger partial charge is 0.456 e. The van der Waals surface area contributed by atoms with E-state index in [-0.39, 0.29) is 0 Å². The van der Waals surface area contributed by atoms with E-state index in [1.54, 1.807) is 0 Å². The Kier molecular flexibility index (Phi) is 5.00. The smallest absolute Gasteiger partial charge is 0.143 e. The molecule has 10 rings (SSSR count). The van der Waals surface area contributed by atoms with E-state index in [0.717, 1.165) is 77.3 Å². The summed E-state index contributed by atoms with van der Waals surface area (Å²) in [5.74, 6) is 0. The fourth-order valence-electron chi connectivity index (χ4n) is 7.11. The molecule has 0 radical (unpaired) electrons. The fourth-order valence-corrected chi connectivity index (χ4v) is 7.11. The van der Waals surface area contributed by atoms with Crippen molar-refractivity contribution in [1.82, 2.24) is 4.57 Å². The molecule has 3 aromatic heterocycles. The number of benzene rings is 7. The Morgan fingerprint density at radius 3 is 1.82 bits per heavy atom. The minimum absolute atomic E-state index is 0.897. The van der Waals surface area contributed by atoms with Crippen LogP contribution in [-0.2, 0) is 0 Å². The van der Waals surface area contributed by atoms with E-state index in [0.29, 0.717) is 0 Å². The lowest BCUT2D eigenvalue weighted by atomic mass is 10.0. The molecule has 3 nitrogen and oxygen atoms in total. The third-order valence-electron chi connectivity index (χ3n) is 9.19. The van der Waals surface area contributed by atoms with Crippen molar-refractivity contribution >= 4 is 65.7 Å². The predicted molar refractivity (Wildman–Crippen MR) is 186 cm³/mol. The summed E-state index contributed by atoms with van der Waals surface area (Å²) in [5, 5.41) is 6.96. The van der Waals surface area contributed by atoms with Crippen LogP contribution in [0.4, 0.5) is 0 Å². The zero-order valence-electron chi connectivity index (χ0n) is 24.2. The zero-order chi connectivity index (χ0) is 29.5. The first-order valence-corrected chi connectivity index (χ1v) is 15.3. The molecule has 0 bridgehead atoms. The Morgan fingerprint density at radius 2 is 0.978 bits per heavy atom. The van der Waals surface area contributed by atoms with Crippen LogP contribution in [0.1, 0.15) is 0 Å². The number of aromatic nitrogens is 1. The van der Waals surface area contributed by atoms with Gasteiger partial charge in [-0.15, -0.1) is 0 Å². The van der Waals surface area contributed by atoms with E-state index in [4.69, 9.17) is 8.83 Å². The number of rotatable bonds is 3. The van der Waals surface area contributed by atoms with Crippen LogP contribution in [-0.4, -0.2) is 4.57 Å². The second kappa shape index (κ2) is 9.22. The van der Waals surface area contributed by atoms with Crippen molar-refractivity contribution in [3.8, 4) is 27.9 Å². The molecule has 210 valence electrons. The molecule has 0 unspecified atom stereocenters. The summed E-state index contributed by atoms with van der Waals surface area (Å²) in [5.41, 5.74) is 11.6. The normalized spacial score (nSPS) is 12.0. The number of fused-ring (bicyclic) bond motifs is 9. The molecule has 0 saturated carbocycles. The molecule has 0 amide bonds. The van der Waals surface area contributed by atoms with Crippen molar-refractivity contribution in [2.24, 2.45) is 0 Å². The van der Waals surface area contributed by atoms with Crippen LogP contribution in [0.3, 0.4) is 0 Å². The summed E-state index contributed by atoms with van der Waals surface area (Å²) in [4.78, 5) is 0. The number of hydrogen-bond acceptors (Lipinski definition) is 2. The Balaban J connectivity index is 1.27. The van der Waals surface area contributed by atoms with E-state index in [1.807, 2.05) is 18.2 Å². The van der Waals surface area contributed by atoms with Gasteiger partial charge in [-0.25, -0.2) is 0 Å². The highest BCUT2D eigenvalue weighted by molar-refractivity contribution is 6.14. The quantitative estimate of drug-likeness (QED) is 0.210. The second-order valence-corrected chi connectivity index (χ2v) is 11.7. The van der Waals surface area contributed by atoms with Crippen LogP contribution < -0.4 is 0 Å². The van der Waals surface area contributed by atoms with Crippen LogP contribution in [0.2, 0.25) is 0 Å². The molecule has 0 spiro atoms. The molecular weight excluding hydrogens is 550 g/mol. The third kappa shape index (κ3) is 3.58. The number of hydrogen-bond donors (Lipinski definition) is 0. The molecule has 0 saturated heterocycles. The van der Waals surface area contributed by atoms with Gasteiger partial charge in [0.05, 0.1) is 11.0 Å². The summed E-state index contributed by atoms with van der Waals surface area (Å²) in [6.07, 6.45) is 0. The molecule has 0 fully saturated rings. The van der Waals surface area contributed by atoms with Gasteiger partial charge in [0.2, 0.25) is 0 Å². The maximum atomic E-state index is 6.50.